The molecule has 0 saturated carbocycles. The predicted molar refractivity (Wildman–Crippen MR) is 226 cm³/mol. The summed E-state index contributed by atoms with van der Waals surface area (Å²) in [5.74, 6) is 0.711. The number of benzene rings is 7. The summed E-state index contributed by atoms with van der Waals surface area (Å²) in [5, 5.41) is 2.31. The summed E-state index contributed by atoms with van der Waals surface area (Å²) in [6.45, 7) is 0. The molecule has 10 rings (SSSR count). The number of nitrogens with zero attached hydrogens (tertiary/aromatic N) is 3. The summed E-state index contributed by atoms with van der Waals surface area (Å²) in [4.78, 5) is 10.1. The first kappa shape index (κ1) is 32.5. The highest BCUT2D eigenvalue weighted by atomic mass is 15.6. The van der Waals surface area contributed by atoms with Gasteiger partial charge in [-0.05, 0) is 45.5 Å². The quantitative estimate of drug-likeness (QED) is 0.179. The van der Waals surface area contributed by atoms with Crippen molar-refractivity contribution in [2.45, 2.75) is 6.04 Å². The average molecular weight is 705 g/mol. The zero-order chi connectivity index (χ0) is 36.6. The highest BCUT2D eigenvalue weighted by molar-refractivity contribution is 6.06. The standard InChI is InChI=1S/C51H36N4/c1-6-17-36(18-7-1)45-34-46(53-51(52-45)41-25-14-5-15-26-41)37-31-29-35(30-32-37)42-27-16-28-43-44(42)33-47(38-19-8-2-9-20-38)55-50(43)48(39-21-10-3-11-22-39)49(54-55)40-23-12-4-13-24-40/h1-34,49,54H. The molecule has 4 nitrogen and oxygen atoms in total. The minimum absolute atomic E-state index is 0.0333. The van der Waals surface area contributed by atoms with Gasteiger partial charge in [0.1, 0.15) is 0 Å². The number of nitrogens with one attached hydrogen (secondary N) is 1. The van der Waals surface area contributed by atoms with E-state index in [-0.39, 0.29) is 6.04 Å². The maximum atomic E-state index is 5.08. The molecule has 0 amide bonds. The first-order valence-corrected chi connectivity index (χ1v) is 18.7. The number of hydrogen-bond donors (Lipinski definition) is 1. The predicted octanol–water partition coefficient (Wildman–Crippen LogP) is 12.1. The molecule has 0 saturated heterocycles. The zero-order valence-corrected chi connectivity index (χ0v) is 30.0. The fraction of sp³-hybridized carbons (Fsp3) is 0.0196. The molecule has 0 spiro atoms. The van der Waals surface area contributed by atoms with Crippen molar-refractivity contribution in [3.63, 3.8) is 0 Å². The van der Waals surface area contributed by atoms with E-state index in [1.807, 2.05) is 36.4 Å². The van der Waals surface area contributed by atoms with E-state index >= 15 is 0 Å². The molecule has 1 atom stereocenters. The van der Waals surface area contributed by atoms with Gasteiger partial charge in [0, 0.05) is 27.8 Å². The number of rotatable bonds is 7. The van der Waals surface area contributed by atoms with E-state index < -0.39 is 0 Å². The fourth-order valence-corrected chi connectivity index (χ4v) is 7.87. The Morgan fingerprint density at radius 1 is 0.418 bits per heavy atom. The van der Waals surface area contributed by atoms with Crippen LogP contribution in [-0.4, -0.2) is 15.0 Å². The van der Waals surface area contributed by atoms with Crippen LogP contribution in [0.3, 0.4) is 0 Å². The number of hydrazine groups is 1. The maximum Gasteiger partial charge on any atom is 0.160 e. The van der Waals surface area contributed by atoms with Gasteiger partial charge in [-0.1, -0.05) is 194 Å². The third-order valence-electron chi connectivity index (χ3n) is 10.5. The van der Waals surface area contributed by atoms with Crippen LogP contribution >= 0.6 is 0 Å². The van der Waals surface area contributed by atoms with Crippen molar-refractivity contribution in [1.82, 2.24) is 20.4 Å². The van der Waals surface area contributed by atoms with Gasteiger partial charge < -0.3 is 0 Å². The molecule has 4 heteroatoms. The summed E-state index contributed by atoms with van der Waals surface area (Å²) in [7, 11) is 0. The highest BCUT2D eigenvalue weighted by Crippen LogP contribution is 2.51. The van der Waals surface area contributed by atoms with Gasteiger partial charge in [-0.2, -0.15) is 0 Å². The lowest BCUT2D eigenvalue weighted by Crippen LogP contribution is -2.33. The summed E-state index contributed by atoms with van der Waals surface area (Å²) in [6.07, 6.45) is 2.35. The van der Waals surface area contributed by atoms with Gasteiger partial charge in [0.25, 0.3) is 0 Å². The molecule has 0 radical (unpaired) electrons. The van der Waals surface area contributed by atoms with Crippen LogP contribution in [0.25, 0.3) is 68.1 Å². The van der Waals surface area contributed by atoms with E-state index in [1.165, 1.54) is 39.1 Å². The monoisotopic (exact) mass is 704 g/mol. The molecule has 260 valence electrons. The van der Waals surface area contributed by atoms with Gasteiger partial charge in [-0.25, -0.2) is 15.4 Å². The molecule has 0 fully saturated rings. The van der Waals surface area contributed by atoms with Crippen LogP contribution in [0.15, 0.2) is 200 Å². The Bertz CT molecular complexity index is 2630. The summed E-state index contributed by atoms with van der Waals surface area (Å²) in [6, 6.07) is 70.4. The van der Waals surface area contributed by atoms with Gasteiger partial charge in [-0.3, -0.25) is 5.01 Å². The Balaban J connectivity index is 1.12. The van der Waals surface area contributed by atoms with E-state index in [0.717, 1.165) is 44.9 Å². The molecular weight excluding hydrogens is 669 g/mol. The van der Waals surface area contributed by atoms with Gasteiger partial charge in [0.05, 0.1) is 28.8 Å². The van der Waals surface area contributed by atoms with Crippen LogP contribution in [0.5, 0.6) is 0 Å². The zero-order valence-electron chi connectivity index (χ0n) is 30.0. The SMILES string of the molecule is C1=C(c2ccccc2)N2NC(c3ccccc3)C(c3ccccc3)=C2c2cccc(-c3ccc(-c4cc(-c5ccccc5)nc(-c5ccccc5)n4)cc3)c21. The average Bonchev–Trinajstić information content (AvgIpc) is 3.69. The third-order valence-corrected chi connectivity index (χ3v) is 10.5. The minimum atomic E-state index is -0.0333. The second-order valence-electron chi connectivity index (χ2n) is 13.9. The van der Waals surface area contributed by atoms with E-state index in [2.05, 4.69) is 180 Å². The second kappa shape index (κ2) is 14.0. The van der Waals surface area contributed by atoms with Gasteiger partial charge >= 0.3 is 0 Å². The van der Waals surface area contributed by atoms with E-state index in [9.17, 15) is 0 Å². The lowest BCUT2D eigenvalue weighted by Gasteiger charge is -2.32. The Labute approximate surface area is 321 Å². The van der Waals surface area contributed by atoms with Crippen LogP contribution in [-0.2, 0) is 0 Å². The number of aromatic nitrogens is 2. The van der Waals surface area contributed by atoms with Crippen molar-refractivity contribution in [3.8, 4) is 45.0 Å². The highest BCUT2D eigenvalue weighted by Gasteiger charge is 2.39. The molecule has 1 aromatic heterocycles. The summed E-state index contributed by atoms with van der Waals surface area (Å²) < 4.78 is 0. The van der Waals surface area contributed by atoms with E-state index in [0.29, 0.717) is 5.82 Å². The molecule has 0 bridgehead atoms. The first-order chi connectivity index (χ1) is 27.3. The van der Waals surface area contributed by atoms with Crippen molar-refractivity contribution < 1.29 is 0 Å². The molecule has 7 aromatic carbocycles. The second-order valence-corrected chi connectivity index (χ2v) is 13.9. The third kappa shape index (κ3) is 6.05. The first-order valence-electron chi connectivity index (χ1n) is 18.7. The number of fused-ring (bicyclic) bond motifs is 3. The van der Waals surface area contributed by atoms with Crippen molar-refractivity contribution in [2.24, 2.45) is 0 Å². The van der Waals surface area contributed by atoms with Crippen molar-refractivity contribution >= 4 is 23.0 Å². The fourth-order valence-electron chi connectivity index (χ4n) is 7.87. The van der Waals surface area contributed by atoms with Gasteiger partial charge in [0.15, 0.2) is 5.82 Å². The Morgan fingerprint density at radius 2 is 0.909 bits per heavy atom. The van der Waals surface area contributed by atoms with Gasteiger partial charge in [0.2, 0.25) is 0 Å². The summed E-state index contributed by atoms with van der Waals surface area (Å²) >= 11 is 0. The molecule has 8 aromatic rings. The van der Waals surface area contributed by atoms with Crippen molar-refractivity contribution in [1.29, 1.82) is 0 Å². The Kier molecular flexibility index (Phi) is 8.28. The summed E-state index contributed by atoms with van der Waals surface area (Å²) in [5.41, 5.74) is 20.7. The molecule has 0 aliphatic carbocycles. The smallest absolute Gasteiger partial charge is 0.160 e. The lowest BCUT2D eigenvalue weighted by molar-refractivity contribution is 0.405. The van der Waals surface area contributed by atoms with Crippen LogP contribution in [0, 0.1) is 0 Å². The number of hydrogen-bond acceptors (Lipinski definition) is 4. The van der Waals surface area contributed by atoms with Crippen molar-refractivity contribution in [3.05, 3.63) is 228 Å². The Morgan fingerprint density at radius 3 is 1.53 bits per heavy atom. The molecule has 3 heterocycles. The van der Waals surface area contributed by atoms with Crippen LogP contribution in [0.4, 0.5) is 0 Å². The van der Waals surface area contributed by atoms with Crippen LogP contribution in [0.2, 0.25) is 0 Å². The van der Waals surface area contributed by atoms with Crippen LogP contribution in [0.1, 0.15) is 33.9 Å². The molecule has 2 aliphatic heterocycles. The van der Waals surface area contributed by atoms with Gasteiger partial charge in [-0.15, -0.1) is 0 Å². The molecule has 1 unspecified atom stereocenters. The Hall–Kier alpha value is -7.14. The normalized spacial score (nSPS) is 14.7. The molecule has 2 aliphatic rings. The maximum absolute atomic E-state index is 5.08. The molecular formula is C51H36N4. The van der Waals surface area contributed by atoms with Crippen molar-refractivity contribution in [2.75, 3.05) is 0 Å². The molecule has 55 heavy (non-hydrogen) atoms. The van der Waals surface area contributed by atoms with Crippen LogP contribution < -0.4 is 5.43 Å². The lowest BCUT2D eigenvalue weighted by atomic mass is 9.85. The largest absolute Gasteiger partial charge is 0.274 e. The molecule has 1 N–H and O–H groups in total. The minimum Gasteiger partial charge on any atom is -0.274 e. The topological polar surface area (TPSA) is 41.0 Å². The van der Waals surface area contributed by atoms with E-state index in [4.69, 9.17) is 9.97 Å². The van der Waals surface area contributed by atoms with E-state index in [1.54, 1.807) is 0 Å².